The first kappa shape index (κ1) is 48.2. The molecule has 58 heavy (non-hydrogen) atoms. The van der Waals surface area contributed by atoms with Gasteiger partial charge in [-0.3, -0.25) is 9.59 Å². The molecule has 0 radical (unpaired) electrons. The van der Waals surface area contributed by atoms with E-state index in [9.17, 15) is 91.0 Å². The van der Waals surface area contributed by atoms with Gasteiger partial charge in [0, 0.05) is 13.3 Å². The molecule has 27 heteroatoms. The van der Waals surface area contributed by atoms with Crippen LogP contribution in [-0.4, -0.2) is 256 Å². The van der Waals surface area contributed by atoms with Gasteiger partial charge in [-0.1, -0.05) is 0 Å². The molecule has 4 heterocycles. The van der Waals surface area contributed by atoms with E-state index in [4.69, 9.17) is 33.2 Å². The Balaban J connectivity index is 1.82. The van der Waals surface area contributed by atoms with E-state index in [1.165, 1.54) is 0 Å². The number of carbonyl (C=O) groups is 3. The van der Waals surface area contributed by atoms with Crippen molar-refractivity contribution in [3.8, 4) is 0 Å². The van der Waals surface area contributed by atoms with Crippen molar-refractivity contribution < 1.29 is 124 Å². The standard InChI is InChI=1S/C31H52N2O25/c1-8(39)32-16-19(45)18(44)11(4-35)53-28(16)56-24-13(6-37)54-29(55-23-12(5-36)52-27(49)21(47)20(23)46)22(48)26(24)58-31(30(50)51)2-9(40)15(33-14(42)7-38)25(57-31)17(43)10(41)3-34/h9-13,15-29,34-38,40-41,43-49H,2-7H2,1H3,(H,32,39)(H,33,42)(H,50,51)/t9-,10+,11+,12+,13+,15+,16+,17+,18-,19+,20+,21+,22+,23+,24-,25+,26+,27?,28-,29-,31-/m0/s1. The molecule has 0 saturated carbocycles. The number of carboxylic acid groups (broad SMARTS) is 1. The molecule has 1 unspecified atom stereocenters. The Morgan fingerprint density at radius 3 is 1.84 bits per heavy atom. The Bertz CT molecular complexity index is 1370. The summed E-state index contributed by atoms with van der Waals surface area (Å²) < 4.78 is 39.6. The summed E-state index contributed by atoms with van der Waals surface area (Å²) in [4.78, 5) is 37.4. The van der Waals surface area contributed by atoms with Crippen LogP contribution in [0.5, 0.6) is 0 Å². The highest BCUT2D eigenvalue weighted by atomic mass is 16.8. The van der Waals surface area contributed by atoms with E-state index in [0.717, 1.165) is 6.92 Å². The minimum Gasteiger partial charge on any atom is -0.477 e. The molecule has 0 bridgehead atoms. The van der Waals surface area contributed by atoms with Gasteiger partial charge in [0.15, 0.2) is 18.9 Å². The summed E-state index contributed by atoms with van der Waals surface area (Å²) in [5.74, 6) is -7.40. The number of carbonyl (C=O) groups excluding carboxylic acids is 2. The molecule has 17 N–H and O–H groups in total. The predicted octanol–water partition coefficient (Wildman–Crippen LogP) is -11.3. The lowest BCUT2D eigenvalue weighted by molar-refractivity contribution is -0.400. The molecule has 4 fully saturated rings. The molecule has 4 aliphatic heterocycles. The SMILES string of the molecule is CC(=O)N[C@H]1[C@H](O[C@@H]2[C@H](O[C@]3(C(=O)O)C[C@H](O)[C@@H](NC(=O)CO)[C@H]([C@H](O)[C@H](O)CO)O3)[C@@H](O)[C@H](O[C@H]3[C@H](O)[C@@H](O)C(O)O[C@@H]3CO)O[C@@H]2CO)O[C@H](CO)[C@H](O)[C@@H]1O. The van der Waals surface area contributed by atoms with Gasteiger partial charge in [-0.25, -0.2) is 4.79 Å². The molecule has 4 aliphatic rings. The van der Waals surface area contributed by atoms with E-state index in [0.29, 0.717) is 0 Å². The minimum absolute atomic E-state index is 0.818. The maximum absolute atomic E-state index is 13.2. The first-order chi connectivity index (χ1) is 27.3. The number of carboxylic acids is 1. The maximum atomic E-state index is 13.2. The van der Waals surface area contributed by atoms with Crippen LogP contribution in [-0.2, 0) is 47.5 Å². The molecular weight excluding hydrogens is 800 g/mol. The van der Waals surface area contributed by atoms with Crippen molar-refractivity contribution >= 4 is 17.8 Å². The number of aliphatic hydroxyl groups is 14. The molecule has 21 atom stereocenters. The Kier molecular flexibility index (Phi) is 17.0. The van der Waals surface area contributed by atoms with Crippen molar-refractivity contribution in [3.63, 3.8) is 0 Å². The maximum Gasteiger partial charge on any atom is 0.364 e. The van der Waals surface area contributed by atoms with Gasteiger partial charge < -0.3 is 120 Å². The highest BCUT2D eigenvalue weighted by molar-refractivity contribution is 5.78. The molecule has 0 aromatic rings. The van der Waals surface area contributed by atoms with Crippen LogP contribution in [0.1, 0.15) is 13.3 Å². The fourth-order valence-corrected chi connectivity index (χ4v) is 7.05. The van der Waals surface area contributed by atoms with Crippen LogP contribution in [0, 0.1) is 0 Å². The summed E-state index contributed by atoms with van der Waals surface area (Å²) in [5.41, 5.74) is 0. The van der Waals surface area contributed by atoms with Gasteiger partial charge in [-0.05, 0) is 0 Å². The van der Waals surface area contributed by atoms with Crippen LogP contribution >= 0.6 is 0 Å². The van der Waals surface area contributed by atoms with Crippen LogP contribution in [0.3, 0.4) is 0 Å². The average molecular weight is 853 g/mol. The largest absolute Gasteiger partial charge is 0.477 e. The minimum atomic E-state index is -3.29. The molecule has 0 aromatic heterocycles. The third-order valence-electron chi connectivity index (χ3n) is 10.1. The van der Waals surface area contributed by atoms with E-state index in [1.54, 1.807) is 0 Å². The van der Waals surface area contributed by atoms with E-state index >= 15 is 0 Å². The predicted molar refractivity (Wildman–Crippen MR) is 176 cm³/mol. The monoisotopic (exact) mass is 852 g/mol. The average Bonchev–Trinajstić information content (AvgIpc) is 3.19. The summed E-state index contributed by atoms with van der Waals surface area (Å²) in [6.07, 6.45) is -37.9. The van der Waals surface area contributed by atoms with Crippen molar-refractivity contribution in [2.45, 2.75) is 142 Å². The molecule has 0 spiro atoms. The number of nitrogens with one attached hydrogen (secondary N) is 2. The van der Waals surface area contributed by atoms with Crippen LogP contribution < -0.4 is 10.6 Å². The second-order valence-corrected chi connectivity index (χ2v) is 14.1. The second-order valence-electron chi connectivity index (χ2n) is 14.1. The Hall–Kier alpha value is -2.43. The van der Waals surface area contributed by atoms with E-state index in [-0.39, 0.29) is 0 Å². The lowest BCUT2D eigenvalue weighted by atomic mass is 9.88. The smallest absolute Gasteiger partial charge is 0.364 e. The lowest BCUT2D eigenvalue weighted by Gasteiger charge is -2.52. The molecule has 4 rings (SSSR count). The number of aliphatic hydroxyl groups excluding tert-OH is 14. The van der Waals surface area contributed by atoms with E-state index < -0.39 is 186 Å². The lowest BCUT2D eigenvalue weighted by Crippen LogP contribution is -2.72. The van der Waals surface area contributed by atoms with Gasteiger partial charge in [0.25, 0.3) is 5.79 Å². The fraction of sp³-hybridized carbons (Fsp3) is 0.903. The zero-order chi connectivity index (χ0) is 43.4. The van der Waals surface area contributed by atoms with Gasteiger partial charge in [0.05, 0.1) is 38.6 Å². The number of aliphatic carboxylic acids is 1. The molecule has 2 amide bonds. The number of hydrogen-bond donors (Lipinski definition) is 17. The highest BCUT2D eigenvalue weighted by Gasteiger charge is 2.61. The van der Waals surface area contributed by atoms with E-state index in [1.807, 2.05) is 0 Å². The molecule has 336 valence electrons. The van der Waals surface area contributed by atoms with Crippen molar-refractivity contribution in [2.75, 3.05) is 33.0 Å². The zero-order valence-electron chi connectivity index (χ0n) is 30.6. The van der Waals surface area contributed by atoms with Crippen molar-refractivity contribution in [3.05, 3.63) is 0 Å². The van der Waals surface area contributed by atoms with Gasteiger partial charge in [-0.15, -0.1) is 0 Å². The number of hydrogen-bond acceptors (Lipinski definition) is 24. The third-order valence-corrected chi connectivity index (χ3v) is 10.1. The molecule has 0 aliphatic carbocycles. The summed E-state index contributed by atoms with van der Waals surface area (Å²) in [6.45, 7) is -4.42. The molecule has 0 aromatic carbocycles. The molecule has 4 saturated heterocycles. The zero-order valence-corrected chi connectivity index (χ0v) is 30.6. The Morgan fingerprint density at radius 1 is 0.707 bits per heavy atom. The Morgan fingerprint density at radius 2 is 1.29 bits per heavy atom. The van der Waals surface area contributed by atoms with Gasteiger partial charge in [0.1, 0.15) is 98.1 Å². The summed E-state index contributed by atoms with van der Waals surface area (Å²) >= 11 is 0. The van der Waals surface area contributed by atoms with Crippen LogP contribution in [0.15, 0.2) is 0 Å². The number of ether oxygens (including phenoxy) is 7. The third kappa shape index (κ3) is 10.2. The number of rotatable bonds is 16. The van der Waals surface area contributed by atoms with Crippen molar-refractivity contribution in [2.24, 2.45) is 0 Å². The van der Waals surface area contributed by atoms with Gasteiger partial charge in [-0.2, -0.15) is 0 Å². The van der Waals surface area contributed by atoms with Crippen LogP contribution in [0.2, 0.25) is 0 Å². The Labute approximate surface area is 327 Å². The summed E-state index contributed by atoms with van der Waals surface area (Å²) in [7, 11) is 0. The van der Waals surface area contributed by atoms with Gasteiger partial charge >= 0.3 is 5.97 Å². The summed E-state index contributed by atoms with van der Waals surface area (Å²) in [5, 5.41) is 161. The normalized spacial score (nSPS) is 44.5. The first-order valence-corrected chi connectivity index (χ1v) is 17.9. The second kappa shape index (κ2) is 20.4. The quantitative estimate of drug-likeness (QED) is 0.0685. The molecular formula is C31H52N2O25. The fourth-order valence-electron chi connectivity index (χ4n) is 7.05. The van der Waals surface area contributed by atoms with E-state index in [2.05, 4.69) is 10.6 Å². The topological polar surface area (TPSA) is 443 Å². The summed E-state index contributed by atoms with van der Waals surface area (Å²) in [6, 6.07) is -3.52. The van der Waals surface area contributed by atoms with Crippen molar-refractivity contribution in [1.29, 1.82) is 0 Å². The highest BCUT2D eigenvalue weighted by Crippen LogP contribution is 2.40. The van der Waals surface area contributed by atoms with Crippen LogP contribution in [0.4, 0.5) is 0 Å². The first-order valence-electron chi connectivity index (χ1n) is 17.9. The van der Waals surface area contributed by atoms with Crippen molar-refractivity contribution in [1.82, 2.24) is 10.6 Å². The molecule has 27 nitrogen and oxygen atoms in total. The van der Waals surface area contributed by atoms with Gasteiger partial charge in [0.2, 0.25) is 11.8 Å². The van der Waals surface area contributed by atoms with Crippen LogP contribution in [0.25, 0.3) is 0 Å². The number of amides is 2.